The van der Waals surface area contributed by atoms with Crippen LogP contribution in [0.5, 0.6) is 0 Å². The minimum absolute atomic E-state index is 0.0159. The third-order valence-corrected chi connectivity index (χ3v) is 4.79. The first-order valence-electron chi connectivity index (χ1n) is 9.24. The number of hydrogen-bond acceptors (Lipinski definition) is 3. The summed E-state index contributed by atoms with van der Waals surface area (Å²) in [7, 11) is 0. The quantitative estimate of drug-likeness (QED) is 0.337. The highest BCUT2D eigenvalue weighted by molar-refractivity contribution is 5.37. The molecule has 0 fully saturated rings. The second-order valence-electron chi connectivity index (χ2n) is 6.85. The summed E-state index contributed by atoms with van der Waals surface area (Å²) < 4.78 is 0. The smallest absolute Gasteiger partial charge is 0.269 e. The molecular formula is C24H23NO3. The van der Waals surface area contributed by atoms with Crippen molar-refractivity contribution in [3.63, 3.8) is 0 Å². The first-order valence-corrected chi connectivity index (χ1v) is 9.24. The van der Waals surface area contributed by atoms with Crippen molar-refractivity contribution in [2.45, 2.75) is 25.4 Å². The second kappa shape index (κ2) is 9.11. The van der Waals surface area contributed by atoms with Crippen LogP contribution in [0.1, 0.15) is 34.3 Å². The standard InChI is InChI=1S/C24H23NO3/c1-18-10-12-19(13-11-18)6-5-9-23(20-7-3-2-4-8-20)24(26)21-14-16-22(17-15-21)25(27)28/h2-5,7-17,23-24,26H,6H2,1H3/b9-5-. The summed E-state index contributed by atoms with van der Waals surface area (Å²) in [5.74, 6) is -0.242. The third kappa shape index (κ3) is 4.93. The predicted molar refractivity (Wildman–Crippen MR) is 111 cm³/mol. The van der Waals surface area contributed by atoms with Crippen LogP contribution in [0.25, 0.3) is 0 Å². The van der Waals surface area contributed by atoms with Gasteiger partial charge in [0.15, 0.2) is 0 Å². The maximum atomic E-state index is 11.0. The molecule has 2 unspecified atom stereocenters. The van der Waals surface area contributed by atoms with Crippen molar-refractivity contribution in [1.29, 1.82) is 0 Å². The largest absolute Gasteiger partial charge is 0.387 e. The molecule has 0 heterocycles. The fourth-order valence-corrected chi connectivity index (χ4v) is 3.15. The van der Waals surface area contributed by atoms with E-state index in [0.29, 0.717) is 5.56 Å². The molecule has 3 rings (SSSR count). The summed E-state index contributed by atoms with van der Waals surface area (Å²) in [5.41, 5.74) is 4.09. The van der Waals surface area contributed by atoms with Crippen LogP contribution in [0.2, 0.25) is 0 Å². The van der Waals surface area contributed by atoms with Gasteiger partial charge in [-0.2, -0.15) is 0 Å². The predicted octanol–water partition coefficient (Wildman–Crippen LogP) is 5.52. The Labute approximate surface area is 164 Å². The highest BCUT2D eigenvalue weighted by Crippen LogP contribution is 2.33. The molecule has 0 amide bonds. The lowest BCUT2D eigenvalue weighted by atomic mass is 9.88. The molecule has 0 aliphatic carbocycles. The molecule has 28 heavy (non-hydrogen) atoms. The van der Waals surface area contributed by atoms with Crippen molar-refractivity contribution in [2.75, 3.05) is 0 Å². The maximum absolute atomic E-state index is 11.0. The number of nitro benzene ring substituents is 1. The first kappa shape index (κ1) is 19.5. The van der Waals surface area contributed by atoms with Crippen molar-refractivity contribution in [3.8, 4) is 0 Å². The second-order valence-corrected chi connectivity index (χ2v) is 6.85. The highest BCUT2D eigenvalue weighted by atomic mass is 16.6. The van der Waals surface area contributed by atoms with Crippen LogP contribution in [0.4, 0.5) is 5.69 Å². The Kier molecular flexibility index (Phi) is 6.35. The topological polar surface area (TPSA) is 63.4 Å². The van der Waals surface area contributed by atoms with Gasteiger partial charge in [-0.3, -0.25) is 10.1 Å². The molecule has 2 atom stereocenters. The lowest BCUT2D eigenvalue weighted by Gasteiger charge is -2.21. The Hall–Kier alpha value is -3.24. The summed E-state index contributed by atoms with van der Waals surface area (Å²) in [5, 5.41) is 21.8. The van der Waals surface area contributed by atoms with Gasteiger partial charge in [0.2, 0.25) is 0 Å². The molecule has 3 aromatic rings. The Morgan fingerprint density at radius 2 is 1.57 bits per heavy atom. The number of aliphatic hydroxyl groups is 1. The Bertz CT molecular complexity index is 932. The van der Waals surface area contributed by atoms with Gasteiger partial charge in [0, 0.05) is 18.1 Å². The van der Waals surface area contributed by atoms with Gasteiger partial charge in [-0.05, 0) is 42.2 Å². The number of rotatable bonds is 7. The van der Waals surface area contributed by atoms with Crippen LogP contribution in [0.15, 0.2) is 91.0 Å². The lowest BCUT2D eigenvalue weighted by Crippen LogP contribution is -2.09. The van der Waals surface area contributed by atoms with Gasteiger partial charge < -0.3 is 5.11 Å². The third-order valence-electron chi connectivity index (χ3n) is 4.79. The van der Waals surface area contributed by atoms with Gasteiger partial charge in [-0.25, -0.2) is 0 Å². The summed E-state index contributed by atoms with van der Waals surface area (Å²) in [4.78, 5) is 10.4. The molecule has 4 nitrogen and oxygen atoms in total. The van der Waals surface area contributed by atoms with E-state index in [1.165, 1.54) is 23.3 Å². The molecule has 0 saturated heterocycles. The van der Waals surface area contributed by atoms with E-state index < -0.39 is 11.0 Å². The van der Waals surface area contributed by atoms with E-state index in [4.69, 9.17) is 0 Å². The molecule has 0 bridgehead atoms. The number of non-ortho nitro benzene ring substituents is 1. The highest BCUT2D eigenvalue weighted by Gasteiger charge is 2.21. The van der Waals surface area contributed by atoms with Gasteiger partial charge in [0.25, 0.3) is 5.69 Å². The van der Waals surface area contributed by atoms with E-state index in [-0.39, 0.29) is 11.6 Å². The van der Waals surface area contributed by atoms with Gasteiger partial charge in [0.05, 0.1) is 11.0 Å². The molecular weight excluding hydrogens is 350 g/mol. The average molecular weight is 373 g/mol. The molecule has 0 aromatic heterocycles. The van der Waals surface area contributed by atoms with E-state index >= 15 is 0 Å². The SMILES string of the molecule is Cc1ccc(C/C=C\C(c2ccccc2)C(O)c2ccc([N+](=O)[O-])cc2)cc1. The summed E-state index contributed by atoms with van der Waals surface area (Å²) in [6.07, 6.45) is 4.06. The molecule has 0 radical (unpaired) electrons. The minimum Gasteiger partial charge on any atom is -0.387 e. The molecule has 142 valence electrons. The maximum Gasteiger partial charge on any atom is 0.269 e. The fraction of sp³-hybridized carbons (Fsp3) is 0.167. The van der Waals surface area contributed by atoms with E-state index in [1.54, 1.807) is 12.1 Å². The van der Waals surface area contributed by atoms with Crippen molar-refractivity contribution < 1.29 is 10.0 Å². The number of nitrogens with zero attached hydrogens (tertiary/aromatic N) is 1. The number of allylic oxidation sites excluding steroid dienone is 1. The average Bonchev–Trinajstić information content (AvgIpc) is 2.73. The van der Waals surface area contributed by atoms with Gasteiger partial charge >= 0.3 is 0 Å². The van der Waals surface area contributed by atoms with Crippen LogP contribution in [0, 0.1) is 17.0 Å². The Balaban J connectivity index is 1.83. The van der Waals surface area contributed by atoms with Gasteiger partial charge in [-0.1, -0.05) is 72.3 Å². The summed E-state index contributed by atoms with van der Waals surface area (Å²) in [6.45, 7) is 2.06. The van der Waals surface area contributed by atoms with E-state index in [1.807, 2.05) is 36.4 Å². The number of nitro groups is 1. The van der Waals surface area contributed by atoms with Crippen LogP contribution in [-0.4, -0.2) is 10.0 Å². The van der Waals surface area contributed by atoms with Crippen molar-refractivity contribution in [3.05, 3.63) is 123 Å². The van der Waals surface area contributed by atoms with Crippen LogP contribution >= 0.6 is 0 Å². The lowest BCUT2D eigenvalue weighted by molar-refractivity contribution is -0.384. The zero-order valence-electron chi connectivity index (χ0n) is 15.7. The van der Waals surface area contributed by atoms with Crippen LogP contribution < -0.4 is 0 Å². The molecule has 0 aliphatic rings. The van der Waals surface area contributed by atoms with E-state index in [2.05, 4.69) is 37.3 Å². The zero-order chi connectivity index (χ0) is 19.9. The van der Waals surface area contributed by atoms with Gasteiger partial charge in [-0.15, -0.1) is 0 Å². The van der Waals surface area contributed by atoms with Crippen LogP contribution in [0.3, 0.4) is 0 Å². The van der Waals surface area contributed by atoms with Crippen molar-refractivity contribution >= 4 is 5.69 Å². The normalized spacial score (nSPS) is 13.4. The Morgan fingerprint density at radius 3 is 2.18 bits per heavy atom. The van der Waals surface area contributed by atoms with Crippen LogP contribution in [-0.2, 0) is 6.42 Å². The zero-order valence-corrected chi connectivity index (χ0v) is 15.7. The van der Waals surface area contributed by atoms with Gasteiger partial charge in [0.1, 0.15) is 0 Å². The minimum atomic E-state index is -0.794. The molecule has 0 spiro atoms. The van der Waals surface area contributed by atoms with E-state index in [0.717, 1.165) is 12.0 Å². The number of aryl methyl sites for hydroxylation is 1. The van der Waals surface area contributed by atoms with E-state index in [9.17, 15) is 15.2 Å². The summed E-state index contributed by atoms with van der Waals surface area (Å²) >= 11 is 0. The summed E-state index contributed by atoms with van der Waals surface area (Å²) in [6, 6.07) is 24.3. The molecule has 0 aliphatic heterocycles. The molecule has 3 aromatic carbocycles. The van der Waals surface area contributed by atoms with Crippen molar-refractivity contribution in [2.24, 2.45) is 0 Å². The molecule has 0 saturated carbocycles. The number of aliphatic hydroxyl groups excluding tert-OH is 1. The molecule has 1 N–H and O–H groups in total. The first-order chi connectivity index (χ1) is 13.5. The Morgan fingerprint density at radius 1 is 0.929 bits per heavy atom. The molecule has 4 heteroatoms. The fourth-order valence-electron chi connectivity index (χ4n) is 3.15. The monoisotopic (exact) mass is 373 g/mol. The number of benzene rings is 3. The number of hydrogen-bond donors (Lipinski definition) is 1. The van der Waals surface area contributed by atoms with Crippen molar-refractivity contribution in [1.82, 2.24) is 0 Å².